The molecule has 0 aliphatic carbocycles. The highest BCUT2D eigenvalue weighted by atomic mass is 79.9. The Morgan fingerprint density at radius 1 is 1.08 bits per heavy atom. The van der Waals surface area contributed by atoms with Gasteiger partial charge in [-0.1, -0.05) is 52.3 Å². The van der Waals surface area contributed by atoms with Crippen LogP contribution in [-0.2, 0) is 0 Å². The third-order valence-corrected chi connectivity index (χ3v) is 6.05. The molecule has 2 aliphatic heterocycles. The van der Waals surface area contributed by atoms with E-state index in [1.165, 1.54) is 10.4 Å². The van der Waals surface area contributed by atoms with Gasteiger partial charge in [-0.05, 0) is 29.6 Å². The first kappa shape index (κ1) is 15.2. The van der Waals surface area contributed by atoms with Crippen LogP contribution in [-0.4, -0.2) is 10.7 Å². The van der Waals surface area contributed by atoms with Crippen molar-refractivity contribution in [2.24, 2.45) is 5.10 Å². The quantitative estimate of drug-likeness (QED) is 0.536. The number of ether oxygens (including phenoxy) is 1. The standard InChI is InChI=1S/C20H15BrN2OS/c21-14-6-3-5-13(11-14)20-23-17(15-7-1-2-8-18(15)24-20)12-16(22-23)19-9-4-10-25-19/h1-11,17,20H,12H2/t17-,20+/m1/s1. The Balaban J connectivity index is 1.62. The smallest absolute Gasteiger partial charge is 0.213 e. The Bertz CT molecular complexity index is 954. The minimum atomic E-state index is -0.213. The average Bonchev–Trinajstić information content (AvgIpc) is 3.30. The maximum atomic E-state index is 6.35. The molecule has 0 spiro atoms. The van der Waals surface area contributed by atoms with Crippen LogP contribution < -0.4 is 4.74 Å². The Morgan fingerprint density at radius 2 is 2.00 bits per heavy atom. The van der Waals surface area contributed by atoms with Gasteiger partial charge in [0.25, 0.3) is 0 Å². The van der Waals surface area contributed by atoms with Crippen molar-refractivity contribution in [3.8, 4) is 5.75 Å². The van der Waals surface area contributed by atoms with E-state index in [0.717, 1.165) is 27.9 Å². The van der Waals surface area contributed by atoms with Crippen molar-refractivity contribution in [2.75, 3.05) is 0 Å². The van der Waals surface area contributed by atoms with Gasteiger partial charge in [-0.3, -0.25) is 0 Å². The second-order valence-electron chi connectivity index (χ2n) is 6.19. The SMILES string of the molecule is Brc1cccc([C@@H]2Oc3ccccc3[C@H]3CC(c4cccs4)=NN32)c1. The minimum absolute atomic E-state index is 0.213. The van der Waals surface area contributed by atoms with Gasteiger partial charge in [0, 0.05) is 22.0 Å². The number of benzene rings is 2. The van der Waals surface area contributed by atoms with Crippen LogP contribution in [0.5, 0.6) is 5.75 Å². The van der Waals surface area contributed by atoms with E-state index in [1.54, 1.807) is 11.3 Å². The summed E-state index contributed by atoms with van der Waals surface area (Å²) in [5.41, 5.74) is 3.45. The monoisotopic (exact) mass is 410 g/mol. The van der Waals surface area contributed by atoms with Crippen LogP contribution in [0.25, 0.3) is 0 Å². The number of hydrogen-bond acceptors (Lipinski definition) is 4. The van der Waals surface area contributed by atoms with Crippen LogP contribution in [0.15, 0.2) is 75.6 Å². The molecule has 0 unspecified atom stereocenters. The van der Waals surface area contributed by atoms with Crippen molar-refractivity contribution >= 4 is 33.0 Å². The van der Waals surface area contributed by atoms with Gasteiger partial charge >= 0.3 is 0 Å². The van der Waals surface area contributed by atoms with Crippen molar-refractivity contribution in [3.05, 3.63) is 86.5 Å². The predicted octanol–water partition coefficient (Wildman–Crippen LogP) is 5.75. The van der Waals surface area contributed by atoms with Crippen LogP contribution in [0, 0.1) is 0 Å². The number of halogens is 1. The summed E-state index contributed by atoms with van der Waals surface area (Å²) >= 11 is 5.31. The number of thiophene rings is 1. The molecule has 2 aliphatic rings. The second kappa shape index (κ2) is 6.00. The van der Waals surface area contributed by atoms with Gasteiger partial charge in [-0.15, -0.1) is 11.3 Å². The van der Waals surface area contributed by atoms with E-state index in [9.17, 15) is 0 Å². The highest BCUT2D eigenvalue weighted by Gasteiger charge is 2.40. The Morgan fingerprint density at radius 3 is 2.84 bits per heavy atom. The fourth-order valence-corrected chi connectivity index (χ4v) is 4.64. The lowest BCUT2D eigenvalue weighted by Gasteiger charge is -2.38. The summed E-state index contributed by atoms with van der Waals surface area (Å²) in [4.78, 5) is 1.24. The molecule has 1 aromatic heterocycles. The molecule has 0 fully saturated rings. The van der Waals surface area contributed by atoms with Crippen molar-refractivity contribution in [1.29, 1.82) is 0 Å². The third-order valence-electron chi connectivity index (χ3n) is 4.64. The largest absolute Gasteiger partial charge is 0.464 e. The fourth-order valence-electron chi connectivity index (χ4n) is 3.51. The summed E-state index contributed by atoms with van der Waals surface area (Å²) < 4.78 is 7.40. The molecule has 25 heavy (non-hydrogen) atoms. The zero-order valence-electron chi connectivity index (χ0n) is 13.3. The van der Waals surface area contributed by atoms with Crippen molar-refractivity contribution in [2.45, 2.75) is 18.7 Å². The van der Waals surface area contributed by atoms with E-state index in [2.05, 4.69) is 68.8 Å². The van der Waals surface area contributed by atoms with Crippen molar-refractivity contribution < 1.29 is 4.74 Å². The lowest BCUT2D eigenvalue weighted by Crippen LogP contribution is -2.33. The molecule has 3 aromatic rings. The fraction of sp³-hybridized carbons (Fsp3) is 0.150. The van der Waals surface area contributed by atoms with E-state index in [0.29, 0.717) is 0 Å². The molecule has 2 aromatic carbocycles. The summed E-state index contributed by atoms with van der Waals surface area (Å²) in [6.45, 7) is 0. The van der Waals surface area contributed by atoms with Gasteiger partial charge in [0.05, 0.1) is 16.6 Å². The molecule has 5 rings (SSSR count). The lowest BCUT2D eigenvalue weighted by molar-refractivity contribution is -0.0190. The number of fused-ring (bicyclic) bond motifs is 3. The van der Waals surface area contributed by atoms with Gasteiger partial charge < -0.3 is 4.74 Å². The van der Waals surface area contributed by atoms with Crippen LogP contribution in [0.4, 0.5) is 0 Å². The molecule has 5 heteroatoms. The number of hydrazone groups is 1. The van der Waals surface area contributed by atoms with Gasteiger partial charge in [0.2, 0.25) is 6.23 Å². The van der Waals surface area contributed by atoms with Gasteiger partial charge in [0.1, 0.15) is 5.75 Å². The zero-order valence-corrected chi connectivity index (χ0v) is 15.7. The highest BCUT2D eigenvalue weighted by Crippen LogP contribution is 2.47. The summed E-state index contributed by atoms with van der Waals surface area (Å²) in [5, 5.41) is 9.19. The van der Waals surface area contributed by atoms with E-state index in [4.69, 9.17) is 9.84 Å². The number of rotatable bonds is 2. The molecule has 2 atom stereocenters. The van der Waals surface area contributed by atoms with E-state index in [1.807, 2.05) is 18.2 Å². The van der Waals surface area contributed by atoms with Gasteiger partial charge in [0.15, 0.2) is 0 Å². The first-order valence-electron chi connectivity index (χ1n) is 8.20. The summed E-state index contributed by atoms with van der Waals surface area (Å²) in [6.07, 6.45) is 0.695. The molecule has 3 heterocycles. The first-order valence-corrected chi connectivity index (χ1v) is 9.87. The zero-order chi connectivity index (χ0) is 16.8. The number of hydrogen-bond donors (Lipinski definition) is 0. The Kier molecular flexibility index (Phi) is 3.64. The lowest BCUT2D eigenvalue weighted by atomic mass is 9.98. The second-order valence-corrected chi connectivity index (χ2v) is 8.05. The molecule has 0 N–H and O–H groups in total. The first-order chi connectivity index (χ1) is 12.3. The normalized spacial score (nSPS) is 21.3. The van der Waals surface area contributed by atoms with Crippen LogP contribution in [0.3, 0.4) is 0 Å². The maximum Gasteiger partial charge on any atom is 0.213 e. The predicted molar refractivity (Wildman–Crippen MR) is 104 cm³/mol. The maximum absolute atomic E-state index is 6.35. The summed E-state index contributed by atoms with van der Waals surface area (Å²) in [6, 6.07) is 21.0. The van der Waals surface area contributed by atoms with Crippen LogP contribution in [0.2, 0.25) is 0 Å². The molecule has 0 amide bonds. The molecule has 0 radical (unpaired) electrons. The molecule has 0 saturated carbocycles. The third kappa shape index (κ3) is 2.58. The highest BCUT2D eigenvalue weighted by molar-refractivity contribution is 9.10. The molecule has 0 saturated heterocycles. The number of nitrogens with zero attached hydrogens (tertiary/aromatic N) is 2. The van der Waals surface area contributed by atoms with Crippen molar-refractivity contribution in [1.82, 2.24) is 5.01 Å². The van der Waals surface area contributed by atoms with Gasteiger partial charge in [-0.25, -0.2) is 5.01 Å². The van der Waals surface area contributed by atoms with Crippen molar-refractivity contribution in [3.63, 3.8) is 0 Å². The van der Waals surface area contributed by atoms with E-state index >= 15 is 0 Å². The van der Waals surface area contributed by atoms with Gasteiger partial charge in [-0.2, -0.15) is 5.10 Å². The average molecular weight is 411 g/mol. The molecule has 3 nitrogen and oxygen atoms in total. The van der Waals surface area contributed by atoms with Crippen LogP contribution in [0.1, 0.15) is 34.7 Å². The Hall–Kier alpha value is -2.11. The number of para-hydroxylation sites is 1. The summed E-state index contributed by atoms with van der Waals surface area (Å²) in [7, 11) is 0. The minimum Gasteiger partial charge on any atom is -0.464 e. The van der Waals surface area contributed by atoms with E-state index in [-0.39, 0.29) is 12.3 Å². The van der Waals surface area contributed by atoms with E-state index < -0.39 is 0 Å². The molecular formula is C20H15BrN2OS. The summed E-state index contributed by atoms with van der Waals surface area (Å²) in [5.74, 6) is 0.955. The van der Waals surface area contributed by atoms with Crippen LogP contribution >= 0.6 is 27.3 Å². The molecule has 0 bridgehead atoms. The topological polar surface area (TPSA) is 24.8 Å². The Labute approximate surface area is 158 Å². The molecule has 124 valence electrons. The molecular weight excluding hydrogens is 396 g/mol.